The second-order valence-corrected chi connectivity index (χ2v) is 10.3. The molecule has 1 amide bonds. The molecular formula is C16H23N3O4S3. The van der Waals surface area contributed by atoms with E-state index in [1.165, 1.54) is 25.0 Å². The van der Waals surface area contributed by atoms with Gasteiger partial charge in [-0.1, -0.05) is 34.1 Å². The molecule has 0 spiro atoms. The molecule has 1 atom stereocenters. The van der Waals surface area contributed by atoms with E-state index in [9.17, 15) is 13.2 Å². The van der Waals surface area contributed by atoms with Crippen LogP contribution < -0.4 is 5.73 Å². The number of primary amides is 1. The van der Waals surface area contributed by atoms with Crippen LogP contribution in [0.2, 0.25) is 0 Å². The number of aromatic amines is 1. The van der Waals surface area contributed by atoms with Crippen LogP contribution in [0.5, 0.6) is 0 Å². The first kappa shape index (κ1) is 21.1. The van der Waals surface area contributed by atoms with Crippen molar-refractivity contribution in [1.82, 2.24) is 9.97 Å². The molecule has 10 heteroatoms. The number of hydrogen-bond donors (Lipinski definition) is 3. The van der Waals surface area contributed by atoms with Crippen molar-refractivity contribution in [3.05, 3.63) is 29.6 Å². The number of fused-ring (bicyclic) bond motifs is 1. The van der Waals surface area contributed by atoms with E-state index in [0.717, 1.165) is 29.4 Å². The van der Waals surface area contributed by atoms with Crippen molar-refractivity contribution >= 4 is 48.6 Å². The summed E-state index contributed by atoms with van der Waals surface area (Å²) in [5.74, 6) is 1.83. The van der Waals surface area contributed by atoms with Crippen LogP contribution in [0.4, 0.5) is 0 Å². The number of nitrogens with one attached hydrogen (secondary N) is 1. The Morgan fingerprint density at radius 2 is 2.15 bits per heavy atom. The van der Waals surface area contributed by atoms with Gasteiger partial charge >= 0.3 is 0 Å². The number of amides is 1. The minimum Gasteiger partial charge on any atom is -0.366 e. The summed E-state index contributed by atoms with van der Waals surface area (Å²) in [7, 11) is 0.371. The molecule has 1 unspecified atom stereocenters. The molecule has 1 aliphatic heterocycles. The van der Waals surface area contributed by atoms with Gasteiger partial charge in [0.05, 0.1) is 17.3 Å². The molecule has 3 rings (SSSR count). The zero-order valence-electron chi connectivity index (χ0n) is 14.5. The van der Waals surface area contributed by atoms with E-state index in [4.69, 9.17) is 10.3 Å². The summed E-state index contributed by atoms with van der Waals surface area (Å²) < 4.78 is 25.9. The third-order valence-corrected chi connectivity index (χ3v) is 6.75. The average Bonchev–Trinajstić information content (AvgIpc) is 3.18. The smallest absolute Gasteiger partial charge is 0.261 e. The maximum Gasteiger partial charge on any atom is 0.261 e. The number of imidazole rings is 1. The number of benzene rings is 1. The fraction of sp³-hybridized carbons (Fsp3) is 0.500. The Balaban J connectivity index is 0.000000431. The van der Waals surface area contributed by atoms with Gasteiger partial charge in [0.1, 0.15) is 11.3 Å². The van der Waals surface area contributed by atoms with Crippen molar-refractivity contribution in [2.24, 2.45) is 5.73 Å². The van der Waals surface area contributed by atoms with Crippen LogP contribution in [0.3, 0.4) is 0 Å². The Labute approximate surface area is 161 Å². The molecule has 1 saturated heterocycles. The molecule has 0 radical (unpaired) electrons. The van der Waals surface area contributed by atoms with Gasteiger partial charge < -0.3 is 10.7 Å². The molecule has 0 aliphatic carbocycles. The Kier molecular flexibility index (Phi) is 7.81. The summed E-state index contributed by atoms with van der Waals surface area (Å²) in [6.45, 7) is 0. The minimum absolute atomic E-state index is 0.422. The van der Waals surface area contributed by atoms with E-state index in [0.29, 0.717) is 17.3 Å². The van der Waals surface area contributed by atoms with Crippen LogP contribution >= 0.6 is 21.6 Å². The molecule has 0 saturated carbocycles. The van der Waals surface area contributed by atoms with Crippen LogP contribution in [-0.2, 0) is 16.5 Å². The monoisotopic (exact) mass is 417 g/mol. The lowest BCUT2D eigenvalue weighted by Gasteiger charge is -2.05. The minimum atomic E-state index is -3.67. The van der Waals surface area contributed by atoms with Gasteiger partial charge in [0.2, 0.25) is 0 Å². The Morgan fingerprint density at radius 3 is 2.77 bits per heavy atom. The number of nitrogens with zero attached hydrogens (tertiary/aromatic N) is 1. The van der Waals surface area contributed by atoms with Crippen molar-refractivity contribution in [3.63, 3.8) is 0 Å². The predicted octanol–water partition coefficient (Wildman–Crippen LogP) is 3.03. The lowest BCUT2D eigenvalue weighted by Crippen LogP contribution is -2.11. The maximum atomic E-state index is 11.4. The molecular weight excluding hydrogens is 394 g/mol. The molecule has 1 aromatic carbocycles. The van der Waals surface area contributed by atoms with Crippen LogP contribution in [0.15, 0.2) is 18.2 Å². The topological polar surface area (TPSA) is 126 Å². The maximum absolute atomic E-state index is 11.4. The lowest BCUT2D eigenvalue weighted by atomic mass is 10.1. The van der Waals surface area contributed by atoms with Crippen molar-refractivity contribution in [2.45, 2.75) is 37.4 Å². The first-order valence-electron chi connectivity index (χ1n) is 8.22. The van der Waals surface area contributed by atoms with Gasteiger partial charge in [0.25, 0.3) is 16.0 Å². The fourth-order valence-corrected chi connectivity index (χ4v) is 5.66. The molecule has 144 valence electrons. The number of nitrogens with two attached hydrogens (primary N) is 1. The van der Waals surface area contributed by atoms with Gasteiger partial charge in [-0.2, -0.15) is 8.42 Å². The number of aromatic nitrogens is 2. The number of aryl methyl sites for hydroxylation is 1. The van der Waals surface area contributed by atoms with Crippen LogP contribution in [-0.4, -0.2) is 46.1 Å². The van der Waals surface area contributed by atoms with Crippen molar-refractivity contribution in [1.29, 1.82) is 0 Å². The normalized spacial score (nSPS) is 17.1. The number of carbonyl (C=O) groups is 1. The summed E-state index contributed by atoms with van der Waals surface area (Å²) in [6, 6.07) is 5.49. The van der Waals surface area contributed by atoms with Crippen LogP contribution in [0, 0.1) is 0 Å². The molecule has 1 aliphatic rings. The van der Waals surface area contributed by atoms with E-state index in [1.807, 2.05) is 33.7 Å². The van der Waals surface area contributed by atoms with E-state index < -0.39 is 16.0 Å². The van der Waals surface area contributed by atoms with Gasteiger partial charge in [-0.15, -0.1) is 0 Å². The zero-order chi connectivity index (χ0) is 19.2. The van der Waals surface area contributed by atoms with Crippen LogP contribution in [0.25, 0.3) is 11.0 Å². The molecule has 2 heterocycles. The number of H-pyrrole nitrogens is 1. The van der Waals surface area contributed by atoms with E-state index >= 15 is 0 Å². The Hall–Kier alpha value is -1.23. The molecule has 1 fully saturated rings. The van der Waals surface area contributed by atoms with Crippen molar-refractivity contribution < 1.29 is 17.8 Å². The van der Waals surface area contributed by atoms with E-state index in [2.05, 4.69) is 9.97 Å². The summed E-state index contributed by atoms with van der Waals surface area (Å²) >= 11 is 0. The standard InChI is InChI=1S/C15H19N3OS2.CH4O3S/c16-15(19)11-5-3-6-12-14(11)18-13(17-12)7-2-1-4-10-8-9-20-21-10;1-5(2,3)4/h3,5-6,10H,1-2,4,7-9H2,(H2,16,19)(H,17,18);1H3,(H,2,3,4). The molecule has 2 aromatic rings. The first-order chi connectivity index (χ1) is 12.2. The quantitative estimate of drug-likeness (QED) is 0.374. The highest BCUT2D eigenvalue weighted by Crippen LogP contribution is 2.39. The molecule has 1 aromatic heterocycles. The lowest BCUT2D eigenvalue weighted by molar-refractivity contribution is 0.100. The number of rotatable bonds is 6. The van der Waals surface area contributed by atoms with Crippen LogP contribution in [0.1, 0.15) is 41.9 Å². The highest BCUT2D eigenvalue weighted by Gasteiger charge is 2.16. The average molecular weight is 418 g/mol. The number of unbranched alkanes of at least 4 members (excludes halogenated alkanes) is 1. The number of para-hydroxylation sites is 1. The summed E-state index contributed by atoms with van der Waals surface area (Å²) in [5.41, 5.74) is 7.47. The first-order valence-corrected chi connectivity index (χ1v) is 12.4. The number of carbonyl (C=O) groups excluding carboxylic acids is 1. The summed E-state index contributed by atoms with van der Waals surface area (Å²) in [5, 5.41) is 0.840. The van der Waals surface area contributed by atoms with E-state index in [1.54, 1.807) is 6.07 Å². The third kappa shape index (κ3) is 7.18. The SMILES string of the molecule is CS(=O)(=O)O.NC(=O)c1cccc2[nH]c(CCCCC3CCSS3)nc12. The molecule has 26 heavy (non-hydrogen) atoms. The van der Waals surface area contributed by atoms with E-state index in [-0.39, 0.29) is 0 Å². The van der Waals surface area contributed by atoms with Gasteiger partial charge in [-0.25, -0.2) is 4.98 Å². The summed E-state index contributed by atoms with van der Waals surface area (Å²) in [4.78, 5) is 19.2. The fourth-order valence-electron chi connectivity index (χ4n) is 2.63. The number of hydrogen-bond acceptors (Lipinski definition) is 6. The van der Waals surface area contributed by atoms with Gasteiger partial charge in [0.15, 0.2) is 0 Å². The summed E-state index contributed by atoms with van der Waals surface area (Å²) in [6.07, 6.45) is 6.65. The second kappa shape index (κ2) is 9.63. The molecule has 7 nitrogen and oxygen atoms in total. The van der Waals surface area contributed by atoms with Gasteiger partial charge in [-0.05, 0) is 31.4 Å². The highest BCUT2D eigenvalue weighted by atomic mass is 33.1. The van der Waals surface area contributed by atoms with Gasteiger partial charge in [-0.3, -0.25) is 9.35 Å². The van der Waals surface area contributed by atoms with Gasteiger partial charge in [0, 0.05) is 17.4 Å². The Morgan fingerprint density at radius 1 is 1.42 bits per heavy atom. The molecule has 0 bridgehead atoms. The highest BCUT2D eigenvalue weighted by molar-refractivity contribution is 8.77. The Bertz CT molecular complexity index is 838. The third-order valence-electron chi connectivity index (χ3n) is 3.74. The zero-order valence-corrected chi connectivity index (χ0v) is 16.9. The molecule has 4 N–H and O–H groups in total. The van der Waals surface area contributed by atoms with Crippen molar-refractivity contribution in [2.75, 3.05) is 12.0 Å². The van der Waals surface area contributed by atoms with Crippen molar-refractivity contribution in [3.8, 4) is 0 Å². The predicted molar refractivity (Wildman–Crippen MR) is 108 cm³/mol. The largest absolute Gasteiger partial charge is 0.366 e. The second-order valence-electron chi connectivity index (χ2n) is 6.06.